The zero-order valence-corrected chi connectivity index (χ0v) is 19.1. The third kappa shape index (κ3) is 7.09. The lowest BCUT2D eigenvalue weighted by Gasteiger charge is -2.21. The van der Waals surface area contributed by atoms with Gasteiger partial charge in [0.2, 0.25) is 0 Å². The molecule has 30 heavy (non-hydrogen) atoms. The van der Waals surface area contributed by atoms with Gasteiger partial charge < -0.3 is 9.47 Å². The van der Waals surface area contributed by atoms with E-state index < -0.39 is 0 Å². The summed E-state index contributed by atoms with van der Waals surface area (Å²) in [5, 5.41) is 7.69. The predicted molar refractivity (Wildman–Crippen MR) is 125 cm³/mol. The summed E-state index contributed by atoms with van der Waals surface area (Å²) in [4.78, 5) is 1.79. The lowest BCUT2D eigenvalue weighted by Crippen LogP contribution is -2.21. The van der Waals surface area contributed by atoms with Gasteiger partial charge in [0.15, 0.2) is 0 Å². The van der Waals surface area contributed by atoms with E-state index in [4.69, 9.17) is 6.42 Å². The molecule has 1 aliphatic carbocycles. The molecular weight excluding hydrogens is 397 g/mol. The average Bonchev–Trinajstić information content (AvgIpc) is 3.34. The average molecular weight is 430 g/mol. The van der Waals surface area contributed by atoms with Crippen LogP contribution in [0.4, 0.5) is 10.1 Å². The number of aromatic nitrogens is 3. The van der Waals surface area contributed by atoms with Gasteiger partial charge in [0.1, 0.15) is 18.5 Å². The SMILES string of the molecule is C#C.C#CN(C[C@H]1C[C@@H]1n1cnnc1)c1ccc(CN(CCC)SC)c(F)c1.CC. The molecule has 5 nitrogen and oxygen atoms in total. The van der Waals surface area contributed by atoms with Crippen molar-refractivity contribution in [1.82, 2.24) is 19.1 Å². The van der Waals surface area contributed by atoms with Gasteiger partial charge >= 0.3 is 0 Å². The van der Waals surface area contributed by atoms with Crippen LogP contribution in [-0.4, -0.2) is 38.4 Å². The zero-order chi connectivity index (χ0) is 22.5. The van der Waals surface area contributed by atoms with Crippen molar-refractivity contribution in [1.29, 1.82) is 0 Å². The van der Waals surface area contributed by atoms with Crippen molar-refractivity contribution < 1.29 is 4.39 Å². The van der Waals surface area contributed by atoms with E-state index in [9.17, 15) is 4.39 Å². The van der Waals surface area contributed by atoms with Crippen LogP contribution in [0.2, 0.25) is 0 Å². The summed E-state index contributed by atoms with van der Waals surface area (Å²) in [7, 11) is 0. The van der Waals surface area contributed by atoms with Crippen molar-refractivity contribution in [3.05, 3.63) is 42.2 Å². The zero-order valence-electron chi connectivity index (χ0n) is 18.3. The van der Waals surface area contributed by atoms with Gasteiger partial charge in [-0.15, -0.1) is 23.0 Å². The highest BCUT2D eigenvalue weighted by Crippen LogP contribution is 2.43. The third-order valence-corrected chi connectivity index (χ3v) is 5.53. The molecule has 1 aliphatic rings. The van der Waals surface area contributed by atoms with E-state index in [1.54, 1.807) is 35.6 Å². The van der Waals surface area contributed by atoms with Gasteiger partial charge in [-0.2, -0.15) is 0 Å². The Morgan fingerprint density at radius 1 is 1.27 bits per heavy atom. The summed E-state index contributed by atoms with van der Waals surface area (Å²) in [5.41, 5.74) is 1.43. The molecule has 7 heteroatoms. The molecule has 1 aromatic carbocycles. The van der Waals surface area contributed by atoms with Gasteiger partial charge in [-0.3, -0.25) is 0 Å². The minimum atomic E-state index is -0.205. The largest absolute Gasteiger partial charge is 0.317 e. The summed E-state index contributed by atoms with van der Waals surface area (Å²) in [6, 6.07) is 8.38. The summed E-state index contributed by atoms with van der Waals surface area (Å²) in [6.07, 6.45) is 21.2. The molecule has 1 fully saturated rings. The number of rotatable bonds is 9. The first kappa shape index (κ1) is 25.6. The molecule has 1 heterocycles. The van der Waals surface area contributed by atoms with Gasteiger partial charge in [0.05, 0.1) is 5.69 Å². The second-order valence-electron chi connectivity index (χ2n) is 6.53. The molecule has 162 valence electrons. The standard InChI is InChI=1S/C19H24FN5S.C2H6.C2H2/c1-4-8-25(26-3)12-15-6-7-17(10-18(15)20)23(5-2)11-16-9-19(16)24-13-21-22-14-24;2*1-2/h2,6-7,10,13-14,16,19H,4,8-9,11-12H2,1,3H3;1-2H3;1-2H/t16-,19+;;/m1../s1. The maximum absolute atomic E-state index is 14.6. The highest BCUT2D eigenvalue weighted by molar-refractivity contribution is 7.96. The number of terminal acetylenes is 2. The molecule has 1 saturated carbocycles. The van der Waals surface area contributed by atoms with Crippen LogP contribution in [0.15, 0.2) is 30.9 Å². The number of halogens is 1. The van der Waals surface area contributed by atoms with E-state index >= 15 is 0 Å². The Hall–Kier alpha value is -2.48. The van der Waals surface area contributed by atoms with Crippen LogP contribution in [0.5, 0.6) is 0 Å². The van der Waals surface area contributed by atoms with Crippen LogP contribution in [0.25, 0.3) is 0 Å². The van der Waals surface area contributed by atoms with Gasteiger partial charge in [-0.05, 0) is 31.2 Å². The van der Waals surface area contributed by atoms with Crippen LogP contribution < -0.4 is 4.90 Å². The number of hydrogen-bond donors (Lipinski definition) is 0. The summed E-state index contributed by atoms with van der Waals surface area (Å²) >= 11 is 1.64. The van der Waals surface area contributed by atoms with Crippen molar-refractivity contribution in [3.8, 4) is 25.3 Å². The lowest BCUT2D eigenvalue weighted by atomic mass is 10.1. The van der Waals surface area contributed by atoms with E-state index in [0.717, 1.165) is 25.1 Å². The normalized spacial score (nSPS) is 16.5. The Kier molecular flexibility index (Phi) is 11.7. The molecule has 0 unspecified atom stereocenters. The summed E-state index contributed by atoms with van der Waals surface area (Å²) in [5.74, 6) is 0.227. The van der Waals surface area contributed by atoms with Crippen LogP contribution in [0, 0.1) is 37.0 Å². The summed E-state index contributed by atoms with van der Waals surface area (Å²) < 4.78 is 18.8. The Labute approximate surface area is 185 Å². The van der Waals surface area contributed by atoms with E-state index in [1.807, 2.05) is 36.8 Å². The quantitative estimate of drug-likeness (QED) is 0.324. The summed E-state index contributed by atoms with van der Waals surface area (Å²) in [6.45, 7) is 8.35. The molecule has 1 aromatic heterocycles. The molecule has 3 rings (SSSR count). The number of nitrogens with zero attached hydrogens (tertiary/aromatic N) is 5. The van der Waals surface area contributed by atoms with Crippen LogP contribution in [0.1, 0.15) is 45.2 Å². The van der Waals surface area contributed by atoms with E-state index in [2.05, 4.69) is 40.3 Å². The van der Waals surface area contributed by atoms with Crippen molar-refractivity contribution in [3.63, 3.8) is 0 Å². The predicted octanol–water partition coefficient (Wildman–Crippen LogP) is 4.84. The van der Waals surface area contributed by atoms with Crippen molar-refractivity contribution >= 4 is 17.6 Å². The first-order chi connectivity index (χ1) is 14.7. The molecule has 0 bridgehead atoms. The molecule has 2 atom stereocenters. The number of anilines is 1. The lowest BCUT2D eigenvalue weighted by molar-refractivity contribution is 0.452. The first-order valence-electron chi connectivity index (χ1n) is 10.1. The Balaban J connectivity index is 0.00000106. The van der Waals surface area contributed by atoms with Crippen LogP contribution >= 0.6 is 11.9 Å². The molecule has 0 aliphatic heterocycles. The maximum atomic E-state index is 14.6. The van der Waals surface area contributed by atoms with Gasteiger partial charge in [0, 0.05) is 43.2 Å². The fourth-order valence-corrected chi connectivity index (χ4v) is 3.78. The van der Waals surface area contributed by atoms with Gasteiger partial charge in [0.25, 0.3) is 0 Å². The fourth-order valence-electron chi connectivity index (χ4n) is 3.15. The first-order valence-corrected chi connectivity index (χ1v) is 11.3. The molecule has 0 saturated heterocycles. The minimum absolute atomic E-state index is 0.205. The van der Waals surface area contributed by atoms with Crippen molar-refractivity contribution in [2.75, 3.05) is 24.2 Å². The van der Waals surface area contributed by atoms with Gasteiger partial charge in [-0.1, -0.05) is 45.2 Å². The molecule has 0 radical (unpaired) electrons. The maximum Gasteiger partial charge on any atom is 0.129 e. The van der Waals surface area contributed by atoms with E-state index in [-0.39, 0.29) is 5.82 Å². The second kappa shape index (κ2) is 13.7. The third-order valence-electron chi connectivity index (χ3n) is 4.70. The van der Waals surface area contributed by atoms with Crippen molar-refractivity contribution in [2.24, 2.45) is 5.92 Å². The minimum Gasteiger partial charge on any atom is -0.317 e. The van der Waals surface area contributed by atoms with Crippen molar-refractivity contribution in [2.45, 2.75) is 46.2 Å². The Bertz CT molecular complexity index is 800. The highest BCUT2D eigenvalue weighted by atomic mass is 32.2. The molecular formula is C23H32FN5S. The number of benzene rings is 1. The Morgan fingerprint density at radius 2 is 1.93 bits per heavy atom. The topological polar surface area (TPSA) is 37.2 Å². The van der Waals surface area contributed by atoms with Crippen LogP contribution in [0.3, 0.4) is 0 Å². The van der Waals surface area contributed by atoms with Crippen LogP contribution in [-0.2, 0) is 6.54 Å². The smallest absolute Gasteiger partial charge is 0.129 e. The molecule has 0 amide bonds. The highest BCUT2D eigenvalue weighted by Gasteiger charge is 2.39. The number of hydrogen-bond acceptors (Lipinski definition) is 5. The molecule has 0 N–H and O–H groups in total. The molecule has 0 spiro atoms. The monoisotopic (exact) mass is 429 g/mol. The Morgan fingerprint density at radius 3 is 2.47 bits per heavy atom. The van der Waals surface area contributed by atoms with Gasteiger partial charge in [-0.25, -0.2) is 8.70 Å². The van der Waals surface area contributed by atoms with E-state index in [1.165, 1.54) is 0 Å². The second-order valence-corrected chi connectivity index (χ2v) is 7.42. The van der Waals surface area contributed by atoms with E-state index in [0.29, 0.717) is 30.6 Å². The molecule has 2 aromatic rings. The fraction of sp³-hybridized carbons (Fsp3) is 0.478.